The van der Waals surface area contributed by atoms with Gasteiger partial charge in [-0.1, -0.05) is 54.6 Å². The van der Waals surface area contributed by atoms with Crippen molar-refractivity contribution < 1.29 is 23.5 Å². The molecular formula is C29H24FNO4S. The predicted octanol–water partition coefficient (Wildman–Crippen LogP) is 6.96. The number of esters is 1. The van der Waals surface area contributed by atoms with Crippen LogP contribution in [-0.2, 0) is 16.1 Å². The van der Waals surface area contributed by atoms with Crippen LogP contribution in [0.15, 0.2) is 90.3 Å². The molecule has 0 fully saturated rings. The molecule has 1 N–H and O–H groups in total. The van der Waals surface area contributed by atoms with Gasteiger partial charge in [-0.05, 0) is 54.0 Å². The number of carbonyl (C=O) groups is 2. The van der Waals surface area contributed by atoms with Gasteiger partial charge in [0, 0.05) is 17.0 Å². The SMILES string of the molecule is CCOC(=O)c1c(-c2ccc(F)cc2)csc1NC(=O)C=Cc1ccc(OCc2ccccc2)cc1. The van der Waals surface area contributed by atoms with E-state index in [4.69, 9.17) is 9.47 Å². The summed E-state index contributed by atoms with van der Waals surface area (Å²) in [5.41, 5.74) is 3.37. The smallest absolute Gasteiger partial charge is 0.341 e. The zero-order valence-electron chi connectivity index (χ0n) is 19.6. The van der Waals surface area contributed by atoms with Gasteiger partial charge >= 0.3 is 5.97 Å². The van der Waals surface area contributed by atoms with E-state index in [1.54, 1.807) is 30.5 Å². The standard InChI is InChI=1S/C29H24FNO4S/c1-2-34-29(33)27-25(22-11-13-23(30)14-12-22)19-36-28(27)31-26(32)17-10-20-8-15-24(16-9-20)35-18-21-6-4-3-5-7-21/h3-17,19H,2,18H2,1H3,(H,31,32). The molecule has 0 spiro atoms. The van der Waals surface area contributed by atoms with Gasteiger partial charge in [0.15, 0.2) is 0 Å². The van der Waals surface area contributed by atoms with Crippen molar-refractivity contribution in [2.45, 2.75) is 13.5 Å². The van der Waals surface area contributed by atoms with Crippen LogP contribution in [0.2, 0.25) is 0 Å². The molecule has 3 aromatic carbocycles. The molecule has 0 aliphatic carbocycles. The number of benzene rings is 3. The van der Waals surface area contributed by atoms with Crippen molar-refractivity contribution in [2.24, 2.45) is 0 Å². The highest BCUT2D eigenvalue weighted by Crippen LogP contribution is 2.36. The minimum atomic E-state index is -0.552. The normalized spacial score (nSPS) is 10.8. The van der Waals surface area contributed by atoms with Crippen molar-refractivity contribution in [1.82, 2.24) is 0 Å². The van der Waals surface area contributed by atoms with Crippen LogP contribution in [0.4, 0.5) is 9.39 Å². The number of halogens is 1. The third-order valence-corrected chi connectivity index (χ3v) is 6.11. The van der Waals surface area contributed by atoms with Crippen LogP contribution in [-0.4, -0.2) is 18.5 Å². The van der Waals surface area contributed by atoms with Crippen molar-refractivity contribution >= 4 is 34.3 Å². The number of hydrogen-bond donors (Lipinski definition) is 1. The fourth-order valence-electron chi connectivity index (χ4n) is 3.44. The molecule has 0 saturated heterocycles. The van der Waals surface area contributed by atoms with Crippen molar-refractivity contribution in [3.8, 4) is 16.9 Å². The lowest BCUT2D eigenvalue weighted by Crippen LogP contribution is -2.12. The van der Waals surface area contributed by atoms with Gasteiger partial charge in [0.05, 0.1) is 6.61 Å². The Morgan fingerprint density at radius 1 is 0.972 bits per heavy atom. The lowest BCUT2D eigenvalue weighted by molar-refractivity contribution is -0.111. The van der Waals surface area contributed by atoms with Gasteiger partial charge in [0.25, 0.3) is 0 Å². The molecule has 1 aromatic heterocycles. The fourth-order valence-corrected chi connectivity index (χ4v) is 4.40. The topological polar surface area (TPSA) is 64.6 Å². The van der Waals surface area contributed by atoms with E-state index in [1.807, 2.05) is 54.6 Å². The first kappa shape index (κ1) is 24.9. The number of rotatable bonds is 9. The second-order valence-corrected chi connectivity index (χ2v) is 8.63. The molecule has 0 aliphatic rings. The summed E-state index contributed by atoms with van der Waals surface area (Å²) < 4.78 is 24.3. The molecule has 1 amide bonds. The Bertz CT molecular complexity index is 1350. The Kier molecular flexibility index (Phi) is 8.26. The van der Waals surface area contributed by atoms with Gasteiger partial charge < -0.3 is 14.8 Å². The number of hydrogen-bond acceptors (Lipinski definition) is 5. The molecule has 4 rings (SSSR count). The lowest BCUT2D eigenvalue weighted by Gasteiger charge is -2.08. The van der Waals surface area contributed by atoms with Crippen LogP contribution in [0, 0.1) is 5.82 Å². The molecule has 36 heavy (non-hydrogen) atoms. The van der Waals surface area contributed by atoms with Crippen molar-refractivity contribution in [1.29, 1.82) is 0 Å². The van der Waals surface area contributed by atoms with Crippen LogP contribution >= 0.6 is 11.3 Å². The van der Waals surface area contributed by atoms with Crippen LogP contribution in [0.3, 0.4) is 0 Å². The van der Waals surface area contributed by atoms with Crippen molar-refractivity contribution in [3.05, 3.63) is 113 Å². The summed E-state index contributed by atoms with van der Waals surface area (Å²) >= 11 is 1.21. The first-order chi connectivity index (χ1) is 17.5. The van der Waals surface area contributed by atoms with Gasteiger partial charge in [-0.2, -0.15) is 0 Å². The van der Waals surface area contributed by atoms with Gasteiger partial charge in [0.2, 0.25) is 5.91 Å². The lowest BCUT2D eigenvalue weighted by atomic mass is 10.0. The van der Waals surface area contributed by atoms with E-state index in [1.165, 1.54) is 29.5 Å². The highest BCUT2D eigenvalue weighted by Gasteiger charge is 2.22. The van der Waals surface area contributed by atoms with Crippen LogP contribution in [0.25, 0.3) is 17.2 Å². The van der Waals surface area contributed by atoms with E-state index in [2.05, 4.69) is 5.32 Å². The average molecular weight is 502 g/mol. The molecule has 182 valence electrons. The highest BCUT2D eigenvalue weighted by atomic mass is 32.1. The summed E-state index contributed by atoms with van der Waals surface area (Å²) in [4.78, 5) is 25.3. The van der Waals surface area contributed by atoms with Crippen LogP contribution < -0.4 is 10.1 Å². The molecule has 0 unspecified atom stereocenters. The molecule has 0 bridgehead atoms. The summed E-state index contributed by atoms with van der Waals surface area (Å²) in [5.74, 6) is -0.589. The second kappa shape index (κ2) is 12.0. The van der Waals surface area contributed by atoms with Crippen molar-refractivity contribution in [3.63, 3.8) is 0 Å². The van der Waals surface area contributed by atoms with Gasteiger partial charge in [-0.25, -0.2) is 9.18 Å². The minimum absolute atomic E-state index is 0.190. The highest BCUT2D eigenvalue weighted by molar-refractivity contribution is 7.15. The number of anilines is 1. The maximum Gasteiger partial charge on any atom is 0.341 e. The maximum absolute atomic E-state index is 13.4. The summed E-state index contributed by atoms with van der Waals surface area (Å²) in [5, 5.41) is 4.88. The van der Waals surface area contributed by atoms with Gasteiger partial charge in [-0.15, -0.1) is 11.3 Å². The molecule has 0 aliphatic heterocycles. The summed E-state index contributed by atoms with van der Waals surface area (Å²) in [6.45, 7) is 2.37. The first-order valence-electron chi connectivity index (χ1n) is 11.3. The third kappa shape index (κ3) is 6.46. The first-order valence-corrected chi connectivity index (χ1v) is 12.2. The van der Waals surface area contributed by atoms with Gasteiger partial charge in [-0.3, -0.25) is 4.79 Å². The average Bonchev–Trinajstić information content (AvgIpc) is 3.31. The molecule has 0 atom stereocenters. The zero-order valence-corrected chi connectivity index (χ0v) is 20.4. The maximum atomic E-state index is 13.4. The van der Waals surface area contributed by atoms with Gasteiger partial charge in [0.1, 0.15) is 28.7 Å². The summed E-state index contributed by atoms with van der Waals surface area (Å²) in [6.07, 6.45) is 3.07. The molecule has 5 nitrogen and oxygen atoms in total. The third-order valence-electron chi connectivity index (χ3n) is 5.22. The van der Waals surface area contributed by atoms with E-state index in [0.717, 1.165) is 16.9 Å². The molecule has 4 aromatic rings. The fraction of sp³-hybridized carbons (Fsp3) is 0.103. The molecular weight excluding hydrogens is 477 g/mol. The van der Waals surface area contributed by atoms with Crippen LogP contribution in [0.5, 0.6) is 5.75 Å². The largest absolute Gasteiger partial charge is 0.489 e. The van der Waals surface area contributed by atoms with Crippen LogP contribution in [0.1, 0.15) is 28.4 Å². The minimum Gasteiger partial charge on any atom is -0.489 e. The van der Waals surface area contributed by atoms with E-state index < -0.39 is 11.9 Å². The Balaban J connectivity index is 1.43. The Labute approximate surface area is 212 Å². The van der Waals surface area contributed by atoms with E-state index in [-0.39, 0.29) is 18.0 Å². The Hall–Kier alpha value is -4.23. The number of thiophene rings is 1. The Morgan fingerprint density at radius 3 is 2.39 bits per heavy atom. The quantitative estimate of drug-likeness (QED) is 0.199. The Morgan fingerprint density at radius 2 is 1.69 bits per heavy atom. The van der Waals surface area contributed by atoms with Crippen molar-refractivity contribution in [2.75, 3.05) is 11.9 Å². The number of carbonyl (C=O) groups excluding carboxylic acids is 2. The molecule has 0 radical (unpaired) electrons. The summed E-state index contributed by atoms with van der Waals surface area (Å²) in [7, 11) is 0. The van der Waals surface area contributed by atoms with E-state index >= 15 is 0 Å². The zero-order chi connectivity index (χ0) is 25.3. The molecule has 0 saturated carbocycles. The molecule has 7 heteroatoms. The summed E-state index contributed by atoms with van der Waals surface area (Å²) in [6, 6.07) is 23.1. The van der Waals surface area contributed by atoms with E-state index in [9.17, 15) is 14.0 Å². The second-order valence-electron chi connectivity index (χ2n) is 7.75. The van der Waals surface area contributed by atoms with E-state index in [0.29, 0.717) is 22.7 Å². The monoisotopic (exact) mass is 501 g/mol. The predicted molar refractivity (Wildman–Crippen MR) is 141 cm³/mol. The molecule has 1 heterocycles. The number of ether oxygens (including phenoxy) is 2. The number of amides is 1. The number of nitrogens with one attached hydrogen (secondary N) is 1.